The molecule has 1 aromatic rings. The molecule has 1 atom stereocenters. The number of hydrogen-bond acceptors (Lipinski definition) is 5. The zero-order valence-electron chi connectivity index (χ0n) is 12.6. The molecule has 6 heteroatoms. The number of pyridine rings is 1. The average molecular weight is 277 g/mol. The molecule has 1 fully saturated rings. The van der Waals surface area contributed by atoms with Crippen LogP contribution in [0.15, 0.2) is 18.5 Å². The van der Waals surface area contributed by atoms with Crippen molar-refractivity contribution in [3.8, 4) is 0 Å². The van der Waals surface area contributed by atoms with Crippen molar-refractivity contribution in [2.75, 3.05) is 7.11 Å². The number of methoxy groups -OCH3 is 1. The lowest BCUT2D eigenvalue weighted by Crippen LogP contribution is -2.44. The minimum Gasteiger partial charge on any atom is -0.465 e. The van der Waals surface area contributed by atoms with Gasteiger partial charge in [0.25, 0.3) is 0 Å². The first kappa shape index (κ1) is 15.0. The third-order valence-electron chi connectivity index (χ3n) is 4.23. The van der Waals surface area contributed by atoms with Crippen LogP contribution in [0.4, 0.5) is 0 Å². The Morgan fingerprint density at radius 2 is 2.10 bits per heavy atom. The van der Waals surface area contributed by atoms with Gasteiger partial charge in [-0.15, -0.1) is 0 Å². The molecule has 0 aromatic carbocycles. The Bertz CT molecular complexity index is 520. The van der Waals surface area contributed by atoms with E-state index in [9.17, 15) is 4.79 Å². The molecule has 5 nitrogen and oxygen atoms in total. The fourth-order valence-electron chi connectivity index (χ4n) is 2.32. The van der Waals surface area contributed by atoms with E-state index < -0.39 is 24.3 Å². The Morgan fingerprint density at radius 3 is 2.65 bits per heavy atom. The van der Waals surface area contributed by atoms with Crippen LogP contribution < -0.4 is 5.46 Å². The van der Waals surface area contributed by atoms with Gasteiger partial charge in [0, 0.05) is 17.9 Å². The summed E-state index contributed by atoms with van der Waals surface area (Å²) >= 11 is 0. The Kier molecular flexibility index (Phi) is 3.89. The van der Waals surface area contributed by atoms with Crippen LogP contribution in [0, 0.1) is 0 Å². The average Bonchev–Trinajstić information content (AvgIpc) is 2.69. The molecule has 20 heavy (non-hydrogen) atoms. The standard InChI is InChI=1S/C14H20BNO4/c1-6-14(4)13(2,3)19-15(20-14)11-7-8-16-9-10(11)12(17)18-5/h7-9H,6H2,1-5H3. The minimum atomic E-state index is -0.591. The van der Waals surface area contributed by atoms with Gasteiger partial charge in [0.1, 0.15) is 0 Å². The lowest BCUT2D eigenvalue weighted by atomic mass is 9.76. The van der Waals surface area contributed by atoms with E-state index in [1.165, 1.54) is 13.3 Å². The second-order valence-electron chi connectivity index (χ2n) is 5.62. The maximum absolute atomic E-state index is 11.8. The van der Waals surface area contributed by atoms with Gasteiger partial charge in [0.2, 0.25) is 0 Å². The van der Waals surface area contributed by atoms with Crippen LogP contribution in [0.1, 0.15) is 44.5 Å². The quantitative estimate of drug-likeness (QED) is 0.620. The van der Waals surface area contributed by atoms with Crippen LogP contribution in [0.25, 0.3) is 0 Å². The summed E-state index contributed by atoms with van der Waals surface area (Å²) in [4.78, 5) is 15.8. The van der Waals surface area contributed by atoms with E-state index in [1.54, 1.807) is 12.3 Å². The van der Waals surface area contributed by atoms with Gasteiger partial charge in [0.15, 0.2) is 0 Å². The van der Waals surface area contributed by atoms with Crippen molar-refractivity contribution in [2.24, 2.45) is 0 Å². The fourth-order valence-corrected chi connectivity index (χ4v) is 2.32. The Labute approximate surface area is 119 Å². The van der Waals surface area contributed by atoms with Crippen molar-refractivity contribution in [3.05, 3.63) is 24.0 Å². The Hall–Kier alpha value is -1.40. The van der Waals surface area contributed by atoms with Gasteiger partial charge in [-0.05, 0) is 33.3 Å². The molecule has 0 aliphatic carbocycles. The smallest absolute Gasteiger partial charge is 0.465 e. The SMILES string of the molecule is CCC1(C)OB(c2ccncc2C(=O)OC)OC1(C)C. The Balaban J connectivity index is 2.38. The van der Waals surface area contributed by atoms with Gasteiger partial charge in [0.05, 0.1) is 23.9 Å². The molecule has 108 valence electrons. The van der Waals surface area contributed by atoms with E-state index in [0.717, 1.165) is 6.42 Å². The highest BCUT2D eigenvalue weighted by Crippen LogP contribution is 2.39. The van der Waals surface area contributed by atoms with Crippen LogP contribution in [0.5, 0.6) is 0 Å². The van der Waals surface area contributed by atoms with Gasteiger partial charge in [-0.1, -0.05) is 6.92 Å². The summed E-state index contributed by atoms with van der Waals surface area (Å²) in [5.74, 6) is -0.441. The third kappa shape index (κ3) is 2.34. The monoisotopic (exact) mass is 277 g/mol. The summed E-state index contributed by atoms with van der Waals surface area (Å²) in [6.07, 6.45) is 3.90. The number of carbonyl (C=O) groups is 1. The molecule has 1 saturated heterocycles. The summed E-state index contributed by atoms with van der Waals surface area (Å²) in [5, 5.41) is 0. The predicted molar refractivity (Wildman–Crippen MR) is 75.9 cm³/mol. The van der Waals surface area contributed by atoms with E-state index in [4.69, 9.17) is 14.0 Å². The number of aromatic nitrogens is 1. The van der Waals surface area contributed by atoms with E-state index in [-0.39, 0.29) is 0 Å². The summed E-state index contributed by atoms with van der Waals surface area (Å²) < 4.78 is 16.9. The highest BCUT2D eigenvalue weighted by Gasteiger charge is 2.54. The van der Waals surface area contributed by atoms with Crippen molar-refractivity contribution in [1.29, 1.82) is 0 Å². The number of carbonyl (C=O) groups excluding carboxylic acids is 1. The van der Waals surface area contributed by atoms with Gasteiger partial charge >= 0.3 is 13.1 Å². The van der Waals surface area contributed by atoms with Crippen LogP contribution in [-0.4, -0.2) is 36.4 Å². The maximum Gasteiger partial charge on any atom is 0.495 e. The molecule has 0 amide bonds. The fraction of sp³-hybridized carbons (Fsp3) is 0.571. The zero-order valence-corrected chi connectivity index (χ0v) is 12.6. The topological polar surface area (TPSA) is 57.7 Å². The highest BCUT2D eigenvalue weighted by molar-refractivity contribution is 6.63. The maximum atomic E-state index is 11.8. The second kappa shape index (κ2) is 5.18. The highest BCUT2D eigenvalue weighted by atomic mass is 16.7. The van der Waals surface area contributed by atoms with Gasteiger partial charge in [-0.2, -0.15) is 0 Å². The molecule has 0 radical (unpaired) electrons. The number of esters is 1. The number of ether oxygens (including phenoxy) is 1. The largest absolute Gasteiger partial charge is 0.495 e. The van der Waals surface area contributed by atoms with Crippen LogP contribution in [-0.2, 0) is 14.0 Å². The van der Waals surface area contributed by atoms with Crippen molar-refractivity contribution in [2.45, 2.75) is 45.3 Å². The lowest BCUT2D eigenvalue weighted by Gasteiger charge is -2.35. The van der Waals surface area contributed by atoms with E-state index >= 15 is 0 Å². The molecule has 1 aliphatic rings. The molecule has 0 spiro atoms. The predicted octanol–water partition coefficient (Wildman–Crippen LogP) is 1.56. The van der Waals surface area contributed by atoms with Gasteiger partial charge < -0.3 is 14.0 Å². The summed E-state index contributed by atoms with van der Waals surface area (Å²) in [7, 11) is 0.752. The van der Waals surface area contributed by atoms with Crippen molar-refractivity contribution >= 4 is 18.6 Å². The molecular formula is C14H20BNO4. The number of nitrogens with zero attached hydrogens (tertiary/aromatic N) is 1. The lowest BCUT2D eigenvalue weighted by molar-refractivity contribution is -0.0118. The van der Waals surface area contributed by atoms with Crippen LogP contribution >= 0.6 is 0 Å². The van der Waals surface area contributed by atoms with E-state index in [1.807, 2.05) is 20.8 Å². The first-order valence-electron chi connectivity index (χ1n) is 6.72. The number of hydrogen-bond donors (Lipinski definition) is 0. The molecule has 1 aromatic heterocycles. The second-order valence-corrected chi connectivity index (χ2v) is 5.62. The molecular weight excluding hydrogens is 257 g/mol. The Morgan fingerprint density at radius 1 is 1.40 bits per heavy atom. The molecule has 2 rings (SSSR count). The van der Waals surface area contributed by atoms with Gasteiger partial charge in [-0.25, -0.2) is 4.79 Å². The van der Waals surface area contributed by atoms with Crippen LogP contribution in [0.3, 0.4) is 0 Å². The first-order valence-corrected chi connectivity index (χ1v) is 6.72. The summed E-state index contributed by atoms with van der Waals surface area (Å²) in [6.45, 7) is 8.07. The molecule has 0 saturated carbocycles. The third-order valence-corrected chi connectivity index (χ3v) is 4.23. The minimum absolute atomic E-state index is 0.371. The molecule has 1 unspecified atom stereocenters. The van der Waals surface area contributed by atoms with Crippen molar-refractivity contribution in [3.63, 3.8) is 0 Å². The molecule has 0 bridgehead atoms. The molecule has 1 aliphatic heterocycles. The van der Waals surface area contributed by atoms with Crippen LogP contribution in [0.2, 0.25) is 0 Å². The van der Waals surface area contributed by atoms with Crippen molar-refractivity contribution in [1.82, 2.24) is 4.98 Å². The summed E-state index contributed by atoms with van der Waals surface area (Å²) in [5.41, 5.74) is 0.172. The normalized spacial score (nSPS) is 24.8. The zero-order chi connectivity index (χ0) is 15.0. The summed E-state index contributed by atoms with van der Waals surface area (Å²) in [6, 6.07) is 1.73. The molecule has 0 N–H and O–H groups in total. The van der Waals surface area contributed by atoms with Gasteiger partial charge in [-0.3, -0.25) is 4.98 Å². The van der Waals surface area contributed by atoms with E-state index in [2.05, 4.69) is 11.9 Å². The van der Waals surface area contributed by atoms with E-state index in [0.29, 0.717) is 11.0 Å². The first-order chi connectivity index (χ1) is 9.34. The van der Waals surface area contributed by atoms with Crippen molar-refractivity contribution < 1.29 is 18.8 Å². The molecule has 2 heterocycles. The number of rotatable bonds is 3.